The highest BCUT2D eigenvalue weighted by Crippen LogP contribution is 2.28. The first kappa shape index (κ1) is 8.72. The lowest BCUT2D eigenvalue weighted by molar-refractivity contribution is 0.0695. The van der Waals surface area contributed by atoms with E-state index >= 15 is 0 Å². The Labute approximate surface area is 80.4 Å². The molecule has 4 heteroatoms. The smallest absolute Gasteiger partial charge is 0.336 e. The van der Waals surface area contributed by atoms with Crippen molar-refractivity contribution in [2.75, 3.05) is 6.54 Å². The van der Waals surface area contributed by atoms with Gasteiger partial charge in [0.25, 0.3) is 0 Å². The molecule has 0 aromatic carbocycles. The number of hydrogen-bond acceptors (Lipinski definition) is 3. The highest BCUT2D eigenvalue weighted by Gasteiger charge is 2.22. The largest absolute Gasteiger partial charge is 0.478 e. The number of thiophene rings is 1. The maximum atomic E-state index is 10.8. The summed E-state index contributed by atoms with van der Waals surface area (Å²) in [5.41, 5.74) is 1.42. The zero-order valence-corrected chi connectivity index (χ0v) is 7.93. The van der Waals surface area contributed by atoms with Gasteiger partial charge in [0.1, 0.15) is 0 Å². The van der Waals surface area contributed by atoms with Crippen LogP contribution in [0.2, 0.25) is 0 Å². The second kappa shape index (κ2) is 3.47. The van der Waals surface area contributed by atoms with Crippen molar-refractivity contribution >= 4 is 17.3 Å². The number of carboxylic acid groups (broad SMARTS) is 1. The molecular formula is C9H11NO2S. The lowest BCUT2D eigenvalue weighted by atomic mass is 10.0. The molecule has 3 nitrogen and oxygen atoms in total. The molecule has 0 saturated carbocycles. The van der Waals surface area contributed by atoms with E-state index in [1.54, 1.807) is 5.38 Å². The van der Waals surface area contributed by atoms with Gasteiger partial charge in [0.15, 0.2) is 0 Å². The molecule has 1 aliphatic heterocycles. The van der Waals surface area contributed by atoms with Gasteiger partial charge in [-0.2, -0.15) is 11.3 Å². The molecule has 1 aromatic rings. The van der Waals surface area contributed by atoms with Gasteiger partial charge in [0, 0.05) is 11.4 Å². The molecule has 1 unspecified atom stereocenters. The summed E-state index contributed by atoms with van der Waals surface area (Å²) in [6, 6.07) is 0.261. The predicted molar refractivity (Wildman–Crippen MR) is 51.3 cm³/mol. The summed E-state index contributed by atoms with van der Waals surface area (Å²) in [5, 5.41) is 15.8. The zero-order chi connectivity index (χ0) is 9.26. The Kier molecular flexibility index (Phi) is 2.33. The van der Waals surface area contributed by atoms with Gasteiger partial charge in [-0.15, -0.1) is 0 Å². The zero-order valence-electron chi connectivity index (χ0n) is 7.12. The third-order valence-corrected chi connectivity index (χ3v) is 3.12. The minimum absolute atomic E-state index is 0.261. The molecule has 2 rings (SSSR count). The lowest BCUT2D eigenvalue weighted by Gasteiger charge is -2.08. The molecule has 1 saturated heterocycles. The highest BCUT2D eigenvalue weighted by molar-refractivity contribution is 7.08. The molecule has 70 valence electrons. The third kappa shape index (κ3) is 1.59. The van der Waals surface area contributed by atoms with Crippen molar-refractivity contribution in [3.63, 3.8) is 0 Å². The van der Waals surface area contributed by atoms with Gasteiger partial charge in [0.05, 0.1) is 5.56 Å². The van der Waals surface area contributed by atoms with Crippen molar-refractivity contribution in [3.8, 4) is 0 Å². The van der Waals surface area contributed by atoms with Gasteiger partial charge in [0.2, 0.25) is 0 Å². The minimum atomic E-state index is -0.815. The maximum absolute atomic E-state index is 10.8. The van der Waals surface area contributed by atoms with E-state index in [0.29, 0.717) is 5.56 Å². The third-order valence-electron chi connectivity index (χ3n) is 2.36. The summed E-state index contributed by atoms with van der Waals surface area (Å²) in [7, 11) is 0. The number of carboxylic acids is 1. The average Bonchev–Trinajstić information content (AvgIpc) is 2.74. The molecular weight excluding hydrogens is 186 g/mol. The summed E-state index contributed by atoms with van der Waals surface area (Å²) in [6.07, 6.45) is 2.19. The van der Waals surface area contributed by atoms with Crippen LogP contribution in [0.3, 0.4) is 0 Å². The fraction of sp³-hybridized carbons (Fsp3) is 0.444. The van der Waals surface area contributed by atoms with Crippen LogP contribution in [0.25, 0.3) is 0 Å². The Morgan fingerprint density at radius 2 is 2.46 bits per heavy atom. The van der Waals surface area contributed by atoms with Crippen molar-refractivity contribution < 1.29 is 9.90 Å². The number of nitrogens with one attached hydrogen (secondary N) is 1. The van der Waals surface area contributed by atoms with Crippen molar-refractivity contribution in [1.29, 1.82) is 0 Å². The summed E-state index contributed by atoms with van der Waals surface area (Å²) in [6.45, 7) is 1.000. The Morgan fingerprint density at radius 3 is 3.08 bits per heavy atom. The first-order valence-electron chi connectivity index (χ1n) is 4.32. The van der Waals surface area contributed by atoms with E-state index in [-0.39, 0.29) is 6.04 Å². The number of aromatic carboxylic acids is 1. The second-order valence-electron chi connectivity index (χ2n) is 3.19. The predicted octanol–water partition coefficient (Wildman–Crippen LogP) is 1.87. The van der Waals surface area contributed by atoms with Gasteiger partial charge < -0.3 is 10.4 Å². The number of carbonyl (C=O) groups is 1. The lowest BCUT2D eigenvalue weighted by Crippen LogP contribution is -2.14. The van der Waals surface area contributed by atoms with Crippen LogP contribution in [0, 0.1) is 0 Å². The minimum Gasteiger partial charge on any atom is -0.478 e. The number of hydrogen-bond donors (Lipinski definition) is 2. The molecule has 0 radical (unpaired) electrons. The topological polar surface area (TPSA) is 49.3 Å². The van der Waals surface area contributed by atoms with Gasteiger partial charge in [-0.25, -0.2) is 4.79 Å². The van der Waals surface area contributed by atoms with E-state index in [9.17, 15) is 4.79 Å². The molecule has 1 atom stereocenters. The van der Waals surface area contributed by atoms with Crippen LogP contribution < -0.4 is 5.32 Å². The molecule has 0 bridgehead atoms. The molecule has 0 spiro atoms. The van der Waals surface area contributed by atoms with E-state index in [1.807, 2.05) is 5.38 Å². The molecule has 0 amide bonds. The van der Waals surface area contributed by atoms with E-state index in [0.717, 1.165) is 24.9 Å². The van der Waals surface area contributed by atoms with Crippen molar-refractivity contribution in [1.82, 2.24) is 5.32 Å². The Morgan fingerprint density at radius 1 is 1.62 bits per heavy atom. The van der Waals surface area contributed by atoms with Crippen LogP contribution in [0.1, 0.15) is 34.8 Å². The quantitative estimate of drug-likeness (QED) is 0.761. The highest BCUT2D eigenvalue weighted by atomic mass is 32.1. The monoisotopic (exact) mass is 197 g/mol. The Hall–Kier alpha value is -0.870. The van der Waals surface area contributed by atoms with Gasteiger partial charge in [-0.1, -0.05) is 0 Å². The summed E-state index contributed by atoms with van der Waals surface area (Å²) < 4.78 is 0. The van der Waals surface area contributed by atoms with Crippen LogP contribution in [-0.2, 0) is 0 Å². The first-order chi connectivity index (χ1) is 6.29. The molecule has 0 aliphatic carbocycles. The van der Waals surface area contributed by atoms with Crippen LogP contribution in [0.4, 0.5) is 0 Å². The van der Waals surface area contributed by atoms with Crippen molar-refractivity contribution in [3.05, 3.63) is 21.9 Å². The van der Waals surface area contributed by atoms with E-state index < -0.39 is 5.97 Å². The van der Waals surface area contributed by atoms with Gasteiger partial charge >= 0.3 is 5.97 Å². The molecule has 13 heavy (non-hydrogen) atoms. The normalized spacial score (nSPS) is 22.0. The van der Waals surface area contributed by atoms with Crippen LogP contribution in [0.15, 0.2) is 10.8 Å². The van der Waals surface area contributed by atoms with Gasteiger partial charge in [-0.05, 0) is 30.3 Å². The first-order valence-corrected chi connectivity index (χ1v) is 5.26. The standard InChI is InChI=1S/C9H11NO2S/c11-9(12)7-5-13-4-6(7)8-2-1-3-10-8/h4-5,8,10H,1-3H2,(H,11,12). The molecule has 2 N–H and O–H groups in total. The maximum Gasteiger partial charge on any atom is 0.336 e. The van der Waals surface area contributed by atoms with Crippen LogP contribution >= 0.6 is 11.3 Å². The van der Waals surface area contributed by atoms with Crippen LogP contribution in [-0.4, -0.2) is 17.6 Å². The molecule has 2 heterocycles. The molecule has 1 aromatic heterocycles. The summed E-state index contributed by atoms with van der Waals surface area (Å²) >= 11 is 1.46. The fourth-order valence-corrected chi connectivity index (χ4v) is 2.58. The SMILES string of the molecule is O=C(O)c1cscc1C1CCCN1. The van der Waals surface area contributed by atoms with Gasteiger partial charge in [-0.3, -0.25) is 0 Å². The molecule has 1 fully saturated rings. The summed E-state index contributed by atoms with van der Waals surface area (Å²) in [5.74, 6) is -0.815. The number of rotatable bonds is 2. The molecule has 1 aliphatic rings. The second-order valence-corrected chi connectivity index (χ2v) is 3.94. The average molecular weight is 197 g/mol. The summed E-state index contributed by atoms with van der Waals surface area (Å²) in [4.78, 5) is 10.8. The van der Waals surface area contributed by atoms with E-state index in [2.05, 4.69) is 5.32 Å². The van der Waals surface area contributed by atoms with Crippen molar-refractivity contribution in [2.24, 2.45) is 0 Å². The van der Waals surface area contributed by atoms with E-state index in [4.69, 9.17) is 5.11 Å². The van der Waals surface area contributed by atoms with Crippen molar-refractivity contribution in [2.45, 2.75) is 18.9 Å². The van der Waals surface area contributed by atoms with E-state index in [1.165, 1.54) is 11.3 Å². The Balaban J connectivity index is 2.28. The van der Waals surface area contributed by atoms with Crippen LogP contribution in [0.5, 0.6) is 0 Å². The Bertz CT molecular complexity index is 315. The fourth-order valence-electron chi connectivity index (χ4n) is 1.70.